The Bertz CT molecular complexity index is 1010. The lowest BCUT2D eigenvalue weighted by Gasteiger charge is -2.09. The minimum absolute atomic E-state index is 0.126. The molecule has 0 amide bonds. The summed E-state index contributed by atoms with van der Waals surface area (Å²) in [5.74, 6) is 0.510. The molecule has 3 aromatic rings. The Morgan fingerprint density at radius 2 is 1.50 bits per heavy atom. The van der Waals surface area contributed by atoms with Crippen molar-refractivity contribution in [3.8, 4) is 5.75 Å². The third-order valence-electron chi connectivity index (χ3n) is 4.27. The zero-order valence-corrected chi connectivity index (χ0v) is 12.2. The van der Waals surface area contributed by atoms with E-state index >= 15 is 0 Å². The van der Waals surface area contributed by atoms with E-state index in [1.165, 1.54) is 12.2 Å². The van der Waals surface area contributed by atoms with Crippen LogP contribution in [0.2, 0.25) is 0 Å². The average molecular weight is 291 g/mol. The number of aryl methyl sites for hydroxylation is 1. The summed E-state index contributed by atoms with van der Waals surface area (Å²) in [6.07, 6.45) is 2.67. The number of methoxy groups -OCH3 is 1. The molecule has 4 nitrogen and oxygen atoms in total. The standard InChI is InChI=1S/C18H13NO3/c1-19-15-4-3-10(22-2)7-11(15)12-8-13-14(9-16(12)19)18(21)6-5-17(13)20/h3-9H,1-2H3. The van der Waals surface area contributed by atoms with Crippen LogP contribution in [0.1, 0.15) is 20.7 Å². The highest BCUT2D eigenvalue weighted by Gasteiger charge is 2.22. The van der Waals surface area contributed by atoms with Crippen LogP contribution in [0.4, 0.5) is 0 Å². The molecular weight excluding hydrogens is 278 g/mol. The lowest BCUT2D eigenvalue weighted by Crippen LogP contribution is -2.11. The fourth-order valence-electron chi connectivity index (χ4n) is 3.10. The molecule has 1 aromatic heterocycles. The van der Waals surface area contributed by atoms with E-state index < -0.39 is 0 Å². The van der Waals surface area contributed by atoms with Crippen LogP contribution in [0.25, 0.3) is 21.8 Å². The number of benzene rings is 2. The maximum Gasteiger partial charge on any atom is 0.186 e. The molecule has 4 rings (SSSR count). The first-order valence-corrected chi connectivity index (χ1v) is 6.97. The van der Waals surface area contributed by atoms with Crippen LogP contribution in [0.5, 0.6) is 5.75 Å². The molecule has 0 unspecified atom stereocenters. The quantitative estimate of drug-likeness (QED) is 0.691. The number of nitrogens with zero attached hydrogens (tertiary/aromatic N) is 1. The van der Waals surface area contributed by atoms with Crippen molar-refractivity contribution in [3.05, 3.63) is 53.6 Å². The zero-order valence-electron chi connectivity index (χ0n) is 12.2. The van der Waals surface area contributed by atoms with E-state index in [1.807, 2.05) is 35.9 Å². The predicted molar refractivity (Wildman–Crippen MR) is 84.8 cm³/mol. The van der Waals surface area contributed by atoms with Crippen LogP contribution in [-0.2, 0) is 7.05 Å². The molecule has 0 saturated carbocycles. The van der Waals surface area contributed by atoms with E-state index in [9.17, 15) is 9.59 Å². The van der Waals surface area contributed by atoms with Gasteiger partial charge in [0.05, 0.1) is 7.11 Å². The molecule has 0 N–H and O–H groups in total. The van der Waals surface area contributed by atoms with Gasteiger partial charge in [-0.1, -0.05) is 0 Å². The molecule has 2 aromatic carbocycles. The van der Waals surface area contributed by atoms with Gasteiger partial charge < -0.3 is 9.30 Å². The molecule has 1 aliphatic rings. The molecule has 1 heterocycles. The highest BCUT2D eigenvalue weighted by atomic mass is 16.5. The number of aromatic nitrogens is 1. The van der Waals surface area contributed by atoms with Crippen LogP contribution in [0.15, 0.2) is 42.5 Å². The Kier molecular flexibility index (Phi) is 2.51. The van der Waals surface area contributed by atoms with Crippen molar-refractivity contribution in [1.82, 2.24) is 4.57 Å². The summed E-state index contributed by atoms with van der Waals surface area (Å²) in [4.78, 5) is 24.1. The molecule has 22 heavy (non-hydrogen) atoms. The maximum atomic E-state index is 12.1. The Labute approximate surface area is 126 Å². The van der Waals surface area contributed by atoms with Gasteiger partial charge in [0.1, 0.15) is 5.75 Å². The smallest absolute Gasteiger partial charge is 0.186 e. The van der Waals surface area contributed by atoms with E-state index in [2.05, 4.69) is 0 Å². The first-order valence-electron chi connectivity index (χ1n) is 6.97. The van der Waals surface area contributed by atoms with Crippen molar-refractivity contribution in [2.24, 2.45) is 7.05 Å². The summed E-state index contributed by atoms with van der Waals surface area (Å²) >= 11 is 0. The number of fused-ring (bicyclic) bond motifs is 4. The minimum Gasteiger partial charge on any atom is -0.497 e. The van der Waals surface area contributed by atoms with Crippen LogP contribution in [-0.4, -0.2) is 23.2 Å². The Balaban J connectivity index is 2.16. The van der Waals surface area contributed by atoms with Gasteiger partial charge in [0.25, 0.3) is 0 Å². The molecule has 0 spiro atoms. The number of carbonyl (C=O) groups is 2. The molecule has 0 fully saturated rings. The van der Waals surface area contributed by atoms with Crippen molar-refractivity contribution in [2.45, 2.75) is 0 Å². The number of ketones is 2. The lowest BCUT2D eigenvalue weighted by molar-refractivity contribution is 0.0994. The normalized spacial score (nSPS) is 13.9. The van der Waals surface area contributed by atoms with Gasteiger partial charge in [-0.15, -0.1) is 0 Å². The average Bonchev–Trinajstić information content (AvgIpc) is 2.82. The van der Waals surface area contributed by atoms with Gasteiger partial charge in [0, 0.05) is 40.0 Å². The highest BCUT2D eigenvalue weighted by Crippen LogP contribution is 2.34. The predicted octanol–water partition coefficient (Wildman–Crippen LogP) is 3.28. The number of ether oxygens (including phenoxy) is 1. The van der Waals surface area contributed by atoms with Gasteiger partial charge in [-0.3, -0.25) is 9.59 Å². The minimum atomic E-state index is -0.128. The monoisotopic (exact) mass is 291 g/mol. The van der Waals surface area contributed by atoms with Crippen LogP contribution in [0.3, 0.4) is 0 Å². The van der Waals surface area contributed by atoms with Gasteiger partial charge in [-0.2, -0.15) is 0 Å². The number of allylic oxidation sites excluding steroid dienone is 2. The van der Waals surface area contributed by atoms with E-state index in [0.29, 0.717) is 11.1 Å². The molecule has 0 bridgehead atoms. The van der Waals surface area contributed by atoms with Crippen LogP contribution >= 0.6 is 0 Å². The summed E-state index contributed by atoms with van der Waals surface area (Å²) in [6, 6.07) is 9.46. The summed E-state index contributed by atoms with van der Waals surface area (Å²) in [6.45, 7) is 0. The van der Waals surface area contributed by atoms with Gasteiger partial charge in [0.2, 0.25) is 0 Å². The van der Waals surface area contributed by atoms with E-state index in [-0.39, 0.29) is 11.6 Å². The van der Waals surface area contributed by atoms with Gasteiger partial charge in [0.15, 0.2) is 11.6 Å². The van der Waals surface area contributed by atoms with Gasteiger partial charge in [-0.05, 0) is 42.5 Å². The van der Waals surface area contributed by atoms with Crippen molar-refractivity contribution < 1.29 is 14.3 Å². The number of hydrogen-bond donors (Lipinski definition) is 0. The SMILES string of the molecule is COc1ccc2c(c1)c1cc3c(cc1n2C)C(=O)C=CC3=O. The third-order valence-corrected chi connectivity index (χ3v) is 4.27. The largest absolute Gasteiger partial charge is 0.497 e. The molecule has 108 valence electrons. The number of rotatable bonds is 1. The second kappa shape index (κ2) is 4.31. The van der Waals surface area contributed by atoms with Gasteiger partial charge >= 0.3 is 0 Å². The Morgan fingerprint density at radius 1 is 0.864 bits per heavy atom. The summed E-state index contributed by atoms with van der Waals surface area (Å²) < 4.78 is 7.32. The lowest BCUT2D eigenvalue weighted by atomic mass is 9.93. The summed E-state index contributed by atoms with van der Waals surface area (Å²) in [5.41, 5.74) is 2.90. The Morgan fingerprint density at radius 3 is 2.18 bits per heavy atom. The van der Waals surface area contributed by atoms with E-state index in [0.717, 1.165) is 27.6 Å². The Hall–Kier alpha value is -2.88. The van der Waals surface area contributed by atoms with Gasteiger partial charge in [-0.25, -0.2) is 0 Å². The number of hydrogen-bond acceptors (Lipinski definition) is 3. The topological polar surface area (TPSA) is 48.3 Å². The molecule has 0 aliphatic heterocycles. The zero-order chi connectivity index (χ0) is 15.4. The fourth-order valence-corrected chi connectivity index (χ4v) is 3.10. The molecule has 1 aliphatic carbocycles. The second-order valence-corrected chi connectivity index (χ2v) is 5.42. The fraction of sp³-hybridized carbons (Fsp3) is 0.111. The first kappa shape index (κ1) is 12.8. The van der Waals surface area contributed by atoms with Crippen LogP contribution in [0, 0.1) is 0 Å². The number of carbonyl (C=O) groups excluding carboxylic acids is 2. The van der Waals surface area contributed by atoms with Crippen molar-refractivity contribution in [2.75, 3.05) is 7.11 Å². The first-order chi connectivity index (χ1) is 10.6. The maximum absolute atomic E-state index is 12.1. The summed E-state index contributed by atoms with van der Waals surface area (Å²) in [7, 11) is 3.58. The van der Waals surface area contributed by atoms with E-state index in [1.54, 1.807) is 13.2 Å². The molecule has 0 saturated heterocycles. The highest BCUT2D eigenvalue weighted by molar-refractivity contribution is 6.25. The molecular formula is C18H13NO3. The summed E-state index contributed by atoms with van der Waals surface area (Å²) in [5, 5.41) is 1.96. The van der Waals surface area contributed by atoms with Crippen molar-refractivity contribution in [3.63, 3.8) is 0 Å². The molecule has 0 radical (unpaired) electrons. The van der Waals surface area contributed by atoms with Crippen LogP contribution < -0.4 is 4.74 Å². The van der Waals surface area contributed by atoms with Crippen molar-refractivity contribution >= 4 is 33.4 Å². The third kappa shape index (κ3) is 1.58. The second-order valence-electron chi connectivity index (χ2n) is 5.42. The van der Waals surface area contributed by atoms with E-state index in [4.69, 9.17) is 4.74 Å². The molecule has 0 atom stereocenters. The molecule has 4 heteroatoms. The van der Waals surface area contributed by atoms with Crippen molar-refractivity contribution in [1.29, 1.82) is 0 Å².